The van der Waals surface area contributed by atoms with E-state index in [0.29, 0.717) is 33.4 Å². The Morgan fingerprint density at radius 2 is 1.85 bits per heavy atom. The van der Waals surface area contributed by atoms with E-state index in [2.05, 4.69) is 11.8 Å². The second-order valence-electron chi connectivity index (χ2n) is 6.51. The molecule has 3 rings (SSSR count). The van der Waals surface area contributed by atoms with Crippen LogP contribution < -0.4 is 19.9 Å². The number of carbonyl (C=O) groups is 1. The van der Waals surface area contributed by atoms with Crippen molar-refractivity contribution in [3.63, 3.8) is 0 Å². The number of nitrogens with two attached hydrogens (primary N) is 1. The number of nitrogen functional groups attached to an aromatic ring is 1. The summed E-state index contributed by atoms with van der Waals surface area (Å²) in [5.41, 5.74) is 8.46. The van der Waals surface area contributed by atoms with Crippen LogP contribution in [0.15, 0.2) is 12.1 Å². The lowest BCUT2D eigenvalue weighted by Crippen LogP contribution is -2.30. The zero-order valence-corrected chi connectivity index (χ0v) is 17.1. The van der Waals surface area contributed by atoms with E-state index in [0.717, 1.165) is 38.0 Å². The number of thiophene rings is 1. The van der Waals surface area contributed by atoms with Crippen LogP contribution in [0.2, 0.25) is 0 Å². The highest BCUT2D eigenvalue weighted by Crippen LogP contribution is 2.41. The Labute approximate surface area is 163 Å². The largest absolute Gasteiger partial charge is 0.493 e. The topological polar surface area (TPSA) is 74.0 Å². The fourth-order valence-electron chi connectivity index (χ4n) is 3.59. The molecule has 0 saturated carbocycles. The predicted octanol–water partition coefficient (Wildman–Crippen LogP) is 3.36. The summed E-state index contributed by atoms with van der Waals surface area (Å²) >= 11 is 1.53. The highest BCUT2D eigenvalue weighted by atomic mass is 32.1. The zero-order chi connectivity index (χ0) is 19.6. The summed E-state index contributed by atoms with van der Waals surface area (Å²) in [5.74, 6) is 1.27. The molecule has 0 amide bonds. The molecule has 0 radical (unpaired) electrons. The molecule has 0 fully saturated rings. The van der Waals surface area contributed by atoms with E-state index in [-0.39, 0.29) is 5.78 Å². The van der Waals surface area contributed by atoms with Gasteiger partial charge in [0, 0.05) is 23.5 Å². The molecule has 0 aliphatic carbocycles. The zero-order valence-electron chi connectivity index (χ0n) is 16.3. The second kappa shape index (κ2) is 8.19. The van der Waals surface area contributed by atoms with E-state index in [1.807, 2.05) is 0 Å². The first-order chi connectivity index (χ1) is 13.0. The molecule has 2 heterocycles. The average molecular weight is 391 g/mol. The number of hydrogen-bond donors (Lipinski definition) is 1. The maximum Gasteiger partial charge on any atom is 0.203 e. The van der Waals surface area contributed by atoms with Crippen molar-refractivity contribution in [2.75, 3.05) is 40.2 Å². The Morgan fingerprint density at radius 3 is 2.41 bits per heavy atom. The van der Waals surface area contributed by atoms with Crippen LogP contribution in [0.4, 0.5) is 5.00 Å². The van der Waals surface area contributed by atoms with E-state index in [9.17, 15) is 4.79 Å². The SMILES string of the molecule is CCCN1CCc2c(sc(N)c2C(=O)c2cc(OC)c(OC)c(OC)c2)C1. The highest BCUT2D eigenvalue weighted by molar-refractivity contribution is 7.16. The maximum absolute atomic E-state index is 13.3. The molecule has 1 aromatic carbocycles. The van der Waals surface area contributed by atoms with Gasteiger partial charge in [-0.2, -0.15) is 0 Å². The third-order valence-electron chi connectivity index (χ3n) is 4.86. The van der Waals surface area contributed by atoms with Crippen molar-refractivity contribution in [3.05, 3.63) is 33.7 Å². The van der Waals surface area contributed by atoms with Crippen molar-refractivity contribution in [1.82, 2.24) is 4.90 Å². The van der Waals surface area contributed by atoms with Gasteiger partial charge in [-0.3, -0.25) is 9.69 Å². The Balaban J connectivity index is 2.00. The Hall–Kier alpha value is -2.25. The molecule has 27 heavy (non-hydrogen) atoms. The number of ether oxygens (including phenoxy) is 3. The molecule has 0 unspecified atom stereocenters. The minimum atomic E-state index is -0.104. The first kappa shape index (κ1) is 19.5. The first-order valence-electron chi connectivity index (χ1n) is 9.01. The average Bonchev–Trinajstić information content (AvgIpc) is 3.01. The van der Waals surface area contributed by atoms with E-state index in [1.54, 1.807) is 12.1 Å². The molecule has 2 aromatic rings. The number of benzene rings is 1. The number of rotatable bonds is 7. The van der Waals surface area contributed by atoms with Crippen LogP contribution in [-0.2, 0) is 13.0 Å². The van der Waals surface area contributed by atoms with Gasteiger partial charge in [-0.25, -0.2) is 0 Å². The van der Waals surface area contributed by atoms with Gasteiger partial charge < -0.3 is 19.9 Å². The van der Waals surface area contributed by atoms with Gasteiger partial charge in [0.05, 0.1) is 31.9 Å². The van der Waals surface area contributed by atoms with Crippen molar-refractivity contribution < 1.29 is 19.0 Å². The minimum Gasteiger partial charge on any atom is -0.493 e. The summed E-state index contributed by atoms with van der Waals surface area (Å²) in [7, 11) is 4.61. The number of hydrogen-bond acceptors (Lipinski definition) is 7. The van der Waals surface area contributed by atoms with Gasteiger partial charge in [-0.15, -0.1) is 11.3 Å². The normalized spacial score (nSPS) is 13.9. The molecular weight excluding hydrogens is 364 g/mol. The van der Waals surface area contributed by atoms with Crippen LogP contribution in [-0.4, -0.2) is 45.1 Å². The number of nitrogens with zero attached hydrogens (tertiary/aromatic N) is 1. The molecule has 0 atom stereocenters. The summed E-state index contributed by atoms with van der Waals surface area (Å²) in [6.45, 7) is 5.05. The van der Waals surface area contributed by atoms with Gasteiger partial charge in [-0.05, 0) is 37.1 Å². The van der Waals surface area contributed by atoms with Crippen molar-refractivity contribution in [1.29, 1.82) is 0 Å². The van der Waals surface area contributed by atoms with Gasteiger partial charge in [-0.1, -0.05) is 6.92 Å². The number of carbonyl (C=O) groups excluding carboxylic acids is 1. The predicted molar refractivity (Wildman–Crippen MR) is 108 cm³/mol. The van der Waals surface area contributed by atoms with E-state index in [4.69, 9.17) is 19.9 Å². The molecule has 2 N–H and O–H groups in total. The fraction of sp³-hybridized carbons (Fsp3) is 0.450. The molecule has 1 aromatic heterocycles. The molecule has 1 aliphatic heterocycles. The van der Waals surface area contributed by atoms with Crippen LogP contribution in [0.5, 0.6) is 17.2 Å². The van der Waals surface area contributed by atoms with Gasteiger partial charge in [0.15, 0.2) is 17.3 Å². The molecule has 0 spiro atoms. The number of fused-ring (bicyclic) bond motifs is 1. The fourth-order valence-corrected chi connectivity index (χ4v) is 4.75. The van der Waals surface area contributed by atoms with Gasteiger partial charge >= 0.3 is 0 Å². The molecule has 7 heteroatoms. The summed E-state index contributed by atoms with van der Waals surface area (Å²) in [4.78, 5) is 16.9. The molecule has 6 nitrogen and oxygen atoms in total. The van der Waals surface area contributed by atoms with E-state index >= 15 is 0 Å². The number of anilines is 1. The molecule has 146 valence electrons. The molecular formula is C20H26N2O4S. The van der Waals surface area contributed by atoms with Gasteiger partial charge in [0.25, 0.3) is 0 Å². The first-order valence-corrected chi connectivity index (χ1v) is 9.82. The van der Waals surface area contributed by atoms with Crippen LogP contribution in [0.25, 0.3) is 0 Å². The third-order valence-corrected chi connectivity index (χ3v) is 5.90. The quantitative estimate of drug-likeness (QED) is 0.731. The van der Waals surface area contributed by atoms with Crippen molar-refractivity contribution >= 4 is 22.1 Å². The van der Waals surface area contributed by atoms with Crippen molar-refractivity contribution in [3.8, 4) is 17.2 Å². The Morgan fingerprint density at radius 1 is 1.19 bits per heavy atom. The molecule has 0 saturated heterocycles. The van der Waals surface area contributed by atoms with E-state index in [1.165, 1.54) is 37.5 Å². The lowest BCUT2D eigenvalue weighted by molar-refractivity contribution is 0.103. The van der Waals surface area contributed by atoms with Crippen molar-refractivity contribution in [2.45, 2.75) is 26.3 Å². The van der Waals surface area contributed by atoms with Crippen LogP contribution in [0, 0.1) is 0 Å². The molecule has 1 aliphatic rings. The van der Waals surface area contributed by atoms with Crippen LogP contribution >= 0.6 is 11.3 Å². The van der Waals surface area contributed by atoms with Gasteiger partial charge in [0.2, 0.25) is 5.75 Å². The Kier molecular flexibility index (Phi) is 5.92. The summed E-state index contributed by atoms with van der Waals surface area (Å²) in [6, 6.07) is 3.36. The standard InChI is InChI=1S/C20H26N2O4S/c1-5-7-22-8-6-13-16(11-22)27-20(21)17(13)18(23)12-9-14(24-2)19(26-4)15(10-12)25-3/h9-10H,5-8,11,21H2,1-4H3. The monoisotopic (exact) mass is 390 g/mol. The summed E-state index contributed by atoms with van der Waals surface area (Å²) in [6.07, 6.45) is 1.96. The van der Waals surface area contributed by atoms with Crippen LogP contribution in [0.1, 0.15) is 39.7 Å². The maximum atomic E-state index is 13.3. The third kappa shape index (κ3) is 3.61. The van der Waals surface area contributed by atoms with Crippen molar-refractivity contribution in [2.24, 2.45) is 0 Å². The van der Waals surface area contributed by atoms with Gasteiger partial charge in [0.1, 0.15) is 0 Å². The highest BCUT2D eigenvalue weighted by Gasteiger charge is 2.28. The summed E-state index contributed by atoms with van der Waals surface area (Å²) in [5, 5.41) is 0.581. The number of ketones is 1. The summed E-state index contributed by atoms with van der Waals surface area (Å²) < 4.78 is 16.1. The molecule has 0 bridgehead atoms. The minimum absolute atomic E-state index is 0.104. The van der Waals surface area contributed by atoms with Crippen LogP contribution in [0.3, 0.4) is 0 Å². The lowest BCUT2D eigenvalue weighted by Gasteiger charge is -2.26. The lowest BCUT2D eigenvalue weighted by atomic mass is 9.96. The number of methoxy groups -OCH3 is 3. The smallest absolute Gasteiger partial charge is 0.203 e. The Bertz CT molecular complexity index is 822. The van der Waals surface area contributed by atoms with E-state index < -0.39 is 0 Å². The second-order valence-corrected chi connectivity index (χ2v) is 7.65.